The first-order chi connectivity index (χ1) is 12.2. The number of aromatic amines is 1. The molecule has 0 atom stereocenters. The molecule has 3 rings (SSSR count). The van der Waals surface area contributed by atoms with E-state index in [0.29, 0.717) is 23.9 Å². The number of rotatable bonds is 6. The van der Waals surface area contributed by atoms with Gasteiger partial charge in [-0.25, -0.2) is 4.98 Å². The second-order valence-electron chi connectivity index (χ2n) is 5.36. The molecule has 0 unspecified atom stereocenters. The van der Waals surface area contributed by atoms with E-state index in [1.807, 2.05) is 36.4 Å². The van der Waals surface area contributed by atoms with Gasteiger partial charge in [-0.2, -0.15) is 0 Å². The van der Waals surface area contributed by atoms with Crippen molar-refractivity contribution in [2.24, 2.45) is 0 Å². The van der Waals surface area contributed by atoms with Crippen molar-refractivity contribution in [1.82, 2.24) is 15.3 Å². The molecule has 0 spiro atoms. The first-order valence-electron chi connectivity index (χ1n) is 7.81. The van der Waals surface area contributed by atoms with Gasteiger partial charge in [-0.1, -0.05) is 12.1 Å². The number of H-pyrrole nitrogens is 1. The number of imidazole rings is 1. The van der Waals surface area contributed by atoms with Crippen molar-refractivity contribution in [3.8, 4) is 11.5 Å². The summed E-state index contributed by atoms with van der Waals surface area (Å²) in [6.07, 6.45) is 3.17. The minimum absolute atomic E-state index is 0.210. The normalized spacial score (nSPS) is 11.0. The van der Waals surface area contributed by atoms with Gasteiger partial charge in [0.25, 0.3) is 0 Å². The quantitative estimate of drug-likeness (QED) is 0.678. The molecule has 0 bridgehead atoms. The summed E-state index contributed by atoms with van der Waals surface area (Å²) in [5.74, 6) is 1.84. The van der Waals surface area contributed by atoms with Gasteiger partial charge in [-0.05, 0) is 30.3 Å². The number of aromatic nitrogens is 2. The second-order valence-corrected chi connectivity index (χ2v) is 5.36. The molecule has 1 amide bonds. The van der Waals surface area contributed by atoms with Gasteiger partial charge in [-0.3, -0.25) is 4.79 Å². The molecule has 0 radical (unpaired) electrons. The van der Waals surface area contributed by atoms with E-state index in [2.05, 4.69) is 15.3 Å². The van der Waals surface area contributed by atoms with Crippen molar-refractivity contribution in [2.75, 3.05) is 14.2 Å². The van der Waals surface area contributed by atoms with E-state index in [1.165, 1.54) is 6.08 Å². The lowest BCUT2D eigenvalue weighted by Crippen LogP contribution is -2.20. The molecule has 2 aromatic carbocycles. The Morgan fingerprint density at radius 2 is 2.04 bits per heavy atom. The van der Waals surface area contributed by atoms with E-state index in [9.17, 15) is 4.79 Å². The molecule has 25 heavy (non-hydrogen) atoms. The van der Waals surface area contributed by atoms with Crippen molar-refractivity contribution < 1.29 is 14.3 Å². The van der Waals surface area contributed by atoms with Crippen LogP contribution in [0.1, 0.15) is 11.4 Å². The molecule has 6 nitrogen and oxygen atoms in total. The van der Waals surface area contributed by atoms with Crippen molar-refractivity contribution in [3.05, 3.63) is 59.9 Å². The van der Waals surface area contributed by atoms with E-state index in [0.717, 1.165) is 16.6 Å². The Morgan fingerprint density at radius 1 is 1.20 bits per heavy atom. The number of carbonyl (C=O) groups excluding carboxylic acids is 1. The zero-order chi connectivity index (χ0) is 17.6. The van der Waals surface area contributed by atoms with Crippen LogP contribution in [0.3, 0.4) is 0 Å². The standard InChI is InChI=1S/C19H19N3O3/c1-24-14-9-7-13(17(11-14)25-2)8-10-19(23)20-12-18-21-15-5-3-4-6-16(15)22-18/h3-11H,12H2,1-2H3,(H,20,23)(H,21,22). The van der Waals surface area contributed by atoms with Crippen LogP contribution in [-0.2, 0) is 11.3 Å². The fraction of sp³-hybridized carbons (Fsp3) is 0.158. The predicted molar refractivity (Wildman–Crippen MR) is 96.5 cm³/mol. The van der Waals surface area contributed by atoms with Crippen molar-refractivity contribution in [3.63, 3.8) is 0 Å². The summed E-state index contributed by atoms with van der Waals surface area (Å²) in [7, 11) is 3.17. The zero-order valence-corrected chi connectivity index (χ0v) is 14.1. The van der Waals surface area contributed by atoms with Crippen LogP contribution in [0.2, 0.25) is 0 Å². The summed E-state index contributed by atoms with van der Waals surface area (Å²) in [5.41, 5.74) is 2.62. The average Bonchev–Trinajstić information content (AvgIpc) is 3.07. The first kappa shape index (κ1) is 16.6. The maximum atomic E-state index is 12.0. The van der Waals surface area contributed by atoms with Crippen LogP contribution in [0.5, 0.6) is 11.5 Å². The fourth-order valence-electron chi connectivity index (χ4n) is 2.44. The summed E-state index contributed by atoms with van der Waals surface area (Å²) in [6, 6.07) is 13.2. The molecule has 0 fully saturated rings. The number of benzene rings is 2. The molecule has 0 saturated heterocycles. The van der Waals surface area contributed by atoms with Gasteiger partial charge in [-0.15, -0.1) is 0 Å². The molecule has 1 aromatic heterocycles. The minimum Gasteiger partial charge on any atom is -0.497 e. The molecule has 0 aliphatic heterocycles. The van der Waals surface area contributed by atoms with Crippen LogP contribution >= 0.6 is 0 Å². The lowest BCUT2D eigenvalue weighted by Gasteiger charge is -2.07. The Labute approximate surface area is 145 Å². The number of para-hydroxylation sites is 2. The first-order valence-corrected chi connectivity index (χ1v) is 7.81. The van der Waals surface area contributed by atoms with Gasteiger partial charge in [0.05, 0.1) is 31.8 Å². The van der Waals surface area contributed by atoms with Crippen LogP contribution < -0.4 is 14.8 Å². The highest BCUT2D eigenvalue weighted by atomic mass is 16.5. The van der Waals surface area contributed by atoms with Crippen LogP contribution in [-0.4, -0.2) is 30.1 Å². The van der Waals surface area contributed by atoms with E-state index < -0.39 is 0 Å². The summed E-state index contributed by atoms with van der Waals surface area (Å²) >= 11 is 0. The van der Waals surface area contributed by atoms with E-state index in [-0.39, 0.29) is 5.91 Å². The molecule has 6 heteroatoms. The number of hydrogen-bond acceptors (Lipinski definition) is 4. The minimum atomic E-state index is -0.210. The number of methoxy groups -OCH3 is 2. The topological polar surface area (TPSA) is 76.2 Å². The highest BCUT2D eigenvalue weighted by Gasteiger charge is 2.05. The molecule has 0 aliphatic rings. The van der Waals surface area contributed by atoms with Gasteiger partial charge >= 0.3 is 0 Å². The molecule has 1 heterocycles. The second kappa shape index (κ2) is 7.53. The molecular formula is C19H19N3O3. The number of ether oxygens (including phenoxy) is 2. The third kappa shape index (κ3) is 3.98. The van der Waals surface area contributed by atoms with E-state index in [1.54, 1.807) is 26.4 Å². The molecule has 128 valence electrons. The molecule has 2 N–H and O–H groups in total. The van der Waals surface area contributed by atoms with Gasteiger partial charge in [0, 0.05) is 17.7 Å². The fourth-order valence-corrected chi connectivity index (χ4v) is 2.44. The lowest BCUT2D eigenvalue weighted by atomic mass is 10.1. The Balaban J connectivity index is 1.63. The third-order valence-corrected chi connectivity index (χ3v) is 3.72. The van der Waals surface area contributed by atoms with Crippen LogP contribution in [0.4, 0.5) is 0 Å². The SMILES string of the molecule is COc1ccc(C=CC(=O)NCc2nc3ccccc3[nH]2)c(OC)c1. The summed E-state index contributed by atoms with van der Waals surface area (Å²) in [6.45, 7) is 0.331. The van der Waals surface area contributed by atoms with Crippen LogP contribution in [0, 0.1) is 0 Å². The van der Waals surface area contributed by atoms with Crippen LogP contribution in [0.15, 0.2) is 48.5 Å². The number of hydrogen-bond donors (Lipinski definition) is 2. The number of nitrogens with zero attached hydrogens (tertiary/aromatic N) is 1. The summed E-state index contributed by atoms with van der Waals surface area (Å²) in [5, 5.41) is 2.81. The van der Waals surface area contributed by atoms with Crippen molar-refractivity contribution in [2.45, 2.75) is 6.54 Å². The lowest BCUT2D eigenvalue weighted by molar-refractivity contribution is -0.116. The van der Waals surface area contributed by atoms with Crippen molar-refractivity contribution in [1.29, 1.82) is 0 Å². The Morgan fingerprint density at radius 3 is 2.80 bits per heavy atom. The van der Waals surface area contributed by atoms with E-state index >= 15 is 0 Å². The molecular weight excluding hydrogens is 318 g/mol. The Kier molecular flexibility index (Phi) is 4.99. The molecule has 0 aliphatic carbocycles. The number of nitrogens with one attached hydrogen (secondary N) is 2. The summed E-state index contributed by atoms with van der Waals surface area (Å²) in [4.78, 5) is 19.6. The maximum Gasteiger partial charge on any atom is 0.244 e. The third-order valence-electron chi connectivity index (χ3n) is 3.72. The predicted octanol–water partition coefficient (Wildman–Crippen LogP) is 2.91. The maximum absolute atomic E-state index is 12.0. The number of carbonyl (C=O) groups is 1. The van der Waals surface area contributed by atoms with Gasteiger partial charge in [0.2, 0.25) is 5.91 Å². The highest BCUT2D eigenvalue weighted by Crippen LogP contribution is 2.25. The molecule has 0 saturated carbocycles. The smallest absolute Gasteiger partial charge is 0.244 e. The highest BCUT2D eigenvalue weighted by molar-refractivity contribution is 5.92. The Hall–Kier alpha value is -3.28. The Bertz CT molecular complexity index is 882. The van der Waals surface area contributed by atoms with Gasteiger partial charge in [0.1, 0.15) is 17.3 Å². The number of amides is 1. The zero-order valence-electron chi connectivity index (χ0n) is 14.1. The largest absolute Gasteiger partial charge is 0.497 e. The summed E-state index contributed by atoms with van der Waals surface area (Å²) < 4.78 is 10.5. The number of fused-ring (bicyclic) bond motifs is 1. The van der Waals surface area contributed by atoms with Gasteiger partial charge < -0.3 is 19.8 Å². The van der Waals surface area contributed by atoms with Crippen molar-refractivity contribution >= 4 is 23.0 Å². The van der Waals surface area contributed by atoms with Crippen LogP contribution in [0.25, 0.3) is 17.1 Å². The average molecular weight is 337 g/mol. The monoisotopic (exact) mass is 337 g/mol. The molecule has 3 aromatic rings. The van der Waals surface area contributed by atoms with E-state index in [4.69, 9.17) is 9.47 Å². The van der Waals surface area contributed by atoms with Gasteiger partial charge in [0.15, 0.2) is 0 Å².